The number of nitrogens with one attached hydrogen (secondary N) is 1. The van der Waals surface area contributed by atoms with Gasteiger partial charge in [-0.3, -0.25) is 4.79 Å². The lowest BCUT2D eigenvalue weighted by atomic mass is 10.2. The van der Waals surface area contributed by atoms with Gasteiger partial charge in [-0.15, -0.1) is 0 Å². The van der Waals surface area contributed by atoms with Crippen molar-refractivity contribution in [2.45, 2.75) is 13.8 Å². The topological polar surface area (TPSA) is 71.8 Å². The Morgan fingerprint density at radius 2 is 2.00 bits per heavy atom. The molecule has 0 bridgehead atoms. The molecule has 5 nitrogen and oxygen atoms in total. The van der Waals surface area contributed by atoms with Crippen LogP contribution in [0.3, 0.4) is 0 Å². The average Bonchev–Trinajstić information content (AvgIpc) is 2.76. The number of para-hydroxylation sites is 2. The molecule has 0 fully saturated rings. The second-order valence-corrected chi connectivity index (χ2v) is 4.54. The van der Waals surface area contributed by atoms with Gasteiger partial charge < -0.3 is 9.51 Å². The van der Waals surface area contributed by atoms with E-state index >= 15 is 0 Å². The van der Waals surface area contributed by atoms with Crippen molar-refractivity contribution >= 4 is 23.2 Å². The molecule has 0 aliphatic heterocycles. The van der Waals surface area contributed by atoms with Crippen LogP contribution in [0.5, 0.6) is 0 Å². The Morgan fingerprint density at radius 1 is 1.20 bits per heavy atom. The summed E-state index contributed by atoms with van der Waals surface area (Å²) in [5, 5.41) is 3.87. The van der Waals surface area contributed by atoms with E-state index in [1.54, 1.807) is 12.2 Å². The third-order valence-electron chi connectivity index (χ3n) is 3.12. The van der Waals surface area contributed by atoms with E-state index in [2.05, 4.69) is 15.1 Å². The van der Waals surface area contributed by atoms with Crippen molar-refractivity contribution in [3.8, 4) is 0 Å². The first kappa shape index (κ1) is 12.3. The highest BCUT2D eigenvalue weighted by molar-refractivity contribution is 5.77. The molecule has 0 saturated carbocycles. The molecule has 5 heteroatoms. The third-order valence-corrected chi connectivity index (χ3v) is 3.12. The Labute approximate surface area is 115 Å². The van der Waals surface area contributed by atoms with Crippen LogP contribution < -0.4 is 5.56 Å². The molecular weight excluding hydrogens is 254 g/mol. The summed E-state index contributed by atoms with van der Waals surface area (Å²) in [4.78, 5) is 19.1. The Hall–Kier alpha value is -2.69. The maximum Gasteiger partial charge on any atom is 0.274 e. The van der Waals surface area contributed by atoms with Crippen LogP contribution in [0.15, 0.2) is 33.6 Å². The number of aromatic amines is 1. The fourth-order valence-electron chi connectivity index (χ4n) is 2.05. The molecule has 100 valence electrons. The SMILES string of the molecule is Cc1noc(C)c1C=Cc1nc2ccccc2[nH]c1=O. The first-order valence-corrected chi connectivity index (χ1v) is 6.25. The summed E-state index contributed by atoms with van der Waals surface area (Å²) in [5.41, 5.74) is 3.29. The molecule has 2 aromatic heterocycles. The summed E-state index contributed by atoms with van der Waals surface area (Å²) >= 11 is 0. The number of rotatable bonds is 2. The standard InChI is InChI=1S/C15H13N3O2/c1-9-11(10(2)20-18-9)7-8-14-15(19)17-13-6-4-3-5-12(13)16-14/h3-8H,1-2H3,(H,17,19). The van der Waals surface area contributed by atoms with Gasteiger partial charge in [-0.05, 0) is 38.1 Å². The molecule has 0 aliphatic rings. The summed E-state index contributed by atoms with van der Waals surface area (Å²) in [6, 6.07) is 7.43. The normalized spacial score (nSPS) is 11.5. The molecule has 1 N–H and O–H groups in total. The third kappa shape index (κ3) is 2.14. The fraction of sp³-hybridized carbons (Fsp3) is 0.133. The Kier molecular flexibility index (Phi) is 2.95. The minimum Gasteiger partial charge on any atom is -0.361 e. The highest BCUT2D eigenvalue weighted by Gasteiger charge is 2.06. The van der Waals surface area contributed by atoms with E-state index in [1.807, 2.05) is 38.1 Å². The van der Waals surface area contributed by atoms with Crippen LogP contribution in [0.25, 0.3) is 23.2 Å². The number of benzene rings is 1. The van der Waals surface area contributed by atoms with Crippen LogP contribution in [-0.4, -0.2) is 15.1 Å². The van der Waals surface area contributed by atoms with Crippen LogP contribution >= 0.6 is 0 Å². The van der Waals surface area contributed by atoms with Gasteiger partial charge in [0.05, 0.1) is 16.7 Å². The number of nitrogens with zero attached hydrogens (tertiary/aromatic N) is 2. The quantitative estimate of drug-likeness (QED) is 0.774. The zero-order valence-electron chi connectivity index (χ0n) is 11.2. The zero-order chi connectivity index (χ0) is 14.1. The summed E-state index contributed by atoms with van der Waals surface area (Å²) < 4.78 is 5.08. The molecule has 0 saturated heterocycles. The highest BCUT2D eigenvalue weighted by atomic mass is 16.5. The number of fused-ring (bicyclic) bond motifs is 1. The average molecular weight is 267 g/mol. The lowest BCUT2D eigenvalue weighted by molar-refractivity contribution is 0.393. The lowest BCUT2D eigenvalue weighted by Gasteiger charge is -1.98. The van der Waals surface area contributed by atoms with Crippen molar-refractivity contribution in [3.63, 3.8) is 0 Å². The van der Waals surface area contributed by atoms with Crippen LogP contribution in [0.2, 0.25) is 0 Å². The Bertz CT molecular complexity index is 839. The van der Waals surface area contributed by atoms with Gasteiger partial charge in [0.25, 0.3) is 5.56 Å². The van der Waals surface area contributed by atoms with Crippen molar-refractivity contribution < 1.29 is 4.52 Å². The van der Waals surface area contributed by atoms with Crippen molar-refractivity contribution in [2.24, 2.45) is 0 Å². The van der Waals surface area contributed by atoms with E-state index in [0.717, 1.165) is 28.1 Å². The number of H-pyrrole nitrogens is 1. The molecule has 1 aromatic carbocycles. The van der Waals surface area contributed by atoms with Crippen LogP contribution in [0.4, 0.5) is 0 Å². The second kappa shape index (κ2) is 4.77. The van der Waals surface area contributed by atoms with E-state index < -0.39 is 0 Å². The first-order valence-electron chi connectivity index (χ1n) is 6.25. The van der Waals surface area contributed by atoms with Gasteiger partial charge in [0, 0.05) is 5.56 Å². The molecule has 0 aliphatic carbocycles. The minimum atomic E-state index is -0.216. The first-order chi connectivity index (χ1) is 9.65. The van der Waals surface area contributed by atoms with E-state index in [4.69, 9.17) is 4.52 Å². The summed E-state index contributed by atoms with van der Waals surface area (Å²) in [5.74, 6) is 0.718. The van der Waals surface area contributed by atoms with Crippen molar-refractivity contribution in [3.05, 3.63) is 57.3 Å². The molecule has 0 unspecified atom stereocenters. The van der Waals surface area contributed by atoms with E-state index in [-0.39, 0.29) is 5.56 Å². The predicted octanol–water partition coefficient (Wildman–Crippen LogP) is 2.70. The maximum absolute atomic E-state index is 12.0. The summed E-state index contributed by atoms with van der Waals surface area (Å²) in [6.45, 7) is 3.69. The molecule has 2 heterocycles. The maximum atomic E-state index is 12.0. The summed E-state index contributed by atoms with van der Waals surface area (Å²) in [6.07, 6.45) is 3.48. The van der Waals surface area contributed by atoms with Gasteiger partial charge in [0.1, 0.15) is 11.5 Å². The van der Waals surface area contributed by atoms with Gasteiger partial charge in [-0.25, -0.2) is 4.98 Å². The molecule has 20 heavy (non-hydrogen) atoms. The van der Waals surface area contributed by atoms with Crippen LogP contribution in [0.1, 0.15) is 22.7 Å². The lowest BCUT2D eigenvalue weighted by Crippen LogP contribution is -2.11. The van der Waals surface area contributed by atoms with Crippen molar-refractivity contribution in [1.29, 1.82) is 0 Å². The van der Waals surface area contributed by atoms with Gasteiger partial charge in [-0.2, -0.15) is 0 Å². The smallest absolute Gasteiger partial charge is 0.274 e. The van der Waals surface area contributed by atoms with Gasteiger partial charge in [0.15, 0.2) is 0 Å². The van der Waals surface area contributed by atoms with Gasteiger partial charge >= 0.3 is 0 Å². The molecule has 0 amide bonds. The number of aryl methyl sites for hydroxylation is 2. The molecule has 0 radical (unpaired) electrons. The van der Waals surface area contributed by atoms with Gasteiger partial charge in [0.2, 0.25) is 0 Å². The summed E-state index contributed by atoms with van der Waals surface area (Å²) in [7, 11) is 0. The van der Waals surface area contributed by atoms with Gasteiger partial charge in [-0.1, -0.05) is 17.3 Å². The molecule has 3 rings (SSSR count). The van der Waals surface area contributed by atoms with Crippen molar-refractivity contribution in [2.75, 3.05) is 0 Å². The fourth-order valence-corrected chi connectivity index (χ4v) is 2.05. The predicted molar refractivity (Wildman–Crippen MR) is 77.3 cm³/mol. The molecule has 3 aromatic rings. The van der Waals surface area contributed by atoms with E-state index in [1.165, 1.54) is 0 Å². The van der Waals surface area contributed by atoms with Crippen molar-refractivity contribution in [1.82, 2.24) is 15.1 Å². The Balaban J connectivity index is 2.07. The zero-order valence-corrected chi connectivity index (χ0v) is 11.2. The largest absolute Gasteiger partial charge is 0.361 e. The van der Waals surface area contributed by atoms with Crippen LogP contribution in [-0.2, 0) is 0 Å². The number of hydrogen-bond acceptors (Lipinski definition) is 4. The second-order valence-electron chi connectivity index (χ2n) is 4.54. The Morgan fingerprint density at radius 3 is 2.75 bits per heavy atom. The van der Waals surface area contributed by atoms with E-state index in [9.17, 15) is 4.79 Å². The number of hydrogen-bond donors (Lipinski definition) is 1. The minimum absolute atomic E-state index is 0.216. The van der Waals surface area contributed by atoms with Crippen LogP contribution in [0, 0.1) is 13.8 Å². The highest BCUT2D eigenvalue weighted by Crippen LogP contribution is 2.15. The number of aromatic nitrogens is 3. The molecule has 0 atom stereocenters. The molecule has 0 spiro atoms. The monoisotopic (exact) mass is 267 g/mol. The molecular formula is C15H13N3O2. The van der Waals surface area contributed by atoms with E-state index in [0.29, 0.717) is 5.69 Å².